The fourth-order valence-corrected chi connectivity index (χ4v) is 7.26. The topological polar surface area (TPSA) is 9.23 Å². The smallest absolute Gasteiger partial charge is 0.256 e. The van der Waals surface area contributed by atoms with Crippen molar-refractivity contribution in [2.45, 2.75) is 13.0 Å². The molecule has 1 heterocycles. The standard InChI is InChI=1S/C16H18OSi/c1-14-12-17-18(13-14,15-8-4-2-5-9-15)16-10-6-3-7-11-16/h2-11,14H,12-13H2,1H3. The monoisotopic (exact) mass is 254 g/mol. The van der Waals surface area contributed by atoms with Crippen LogP contribution in [0.2, 0.25) is 6.04 Å². The largest absolute Gasteiger partial charge is 0.408 e. The number of hydrogen-bond donors (Lipinski definition) is 0. The van der Waals surface area contributed by atoms with Crippen LogP contribution >= 0.6 is 0 Å². The van der Waals surface area contributed by atoms with Gasteiger partial charge in [0.05, 0.1) is 0 Å². The summed E-state index contributed by atoms with van der Waals surface area (Å²) in [6.45, 7) is 3.19. The quantitative estimate of drug-likeness (QED) is 0.748. The van der Waals surface area contributed by atoms with Gasteiger partial charge < -0.3 is 4.43 Å². The van der Waals surface area contributed by atoms with Gasteiger partial charge in [-0.1, -0.05) is 67.6 Å². The molecule has 1 aliphatic rings. The minimum absolute atomic E-state index is 0.664. The number of rotatable bonds is 2. The van der Waals surface area contributed by atoms with Gasteiger partial charge in [-0.3, -0.25) is 0 Å². The molecular formula is C16H18OSi. The fraction of sp³-hybridized carbons (Fsp3) is 0.250. The molecule has 1 fully saturated rings. The van der Waals surface area contributed by atoms with Crippen molar-refractivity contribution in [3.05, 3.63) is 60.7 Å². The van der Waals surface area contributed by atoms with Crippen molar-refractivity contribution < 1.29 is 4.43 Å². The SMILES string of the molecule is CC1CO[Si](c2ccccc2)(c2ccccc2)C1. The first-order valence-electron chi connectivity index (χ1n) is 6.56. The number of hydrogen-bond acceptors (Lipinski definition) is 1. The first-order chi connectivity index (χ1) is 8.81. The van der Waals surface area contributed by atoms with E-state index in [-0.39, 0.29) is 0 Å². The zero-order valence-electron chi connectivity index (χ0n) is 10.7. The van der Waals surface area contributed by atoms with Crippen LogP contribution in [-0.2, 0) is 4.43 Å². The maximum atomic E-state index is 6.36. The summed E-state index contributed by atoms with van der Waals surface area (Å²) < 4.78 is 6.36. The Morgan fingerprint density at radius 1 is 0.889 bits per heavy atom. The van der Waals surface area contributed by atoms with E-state index >= 15 is 0 Å². The highest BCUT2D eigenvalue weighted by Gasteiger charge is 2.45. The predicted molar refractivity (Wildman–Crippen MR) is 77.8 cm³/mol. The van der Waals surface area contributed by atoms with Gasteiger partial charge in [0.15, 0.2) is 0 Å². The van der Waals surface area contributed by atoms with E-state index in [1.807, 2.05) is 0 Å². The highest BCUT2D eigenvalue weighted by Crippen LogP contribution is 2.26. The van der Waals surface area contributed by atoms with E-state index in [2.05, 4.69) is 67.6 Å². The summed E-state index contributed by atoms with van der Waals surface area (Å²) in [5.74, 6) is 0.664. The second-order valence-electron chi connectivity index (χ2n) is 5.18. The first kappa shape index (κ1) is 11.7. The van der Waals surface area contributed by atoms with Crippen LogP contribution in [0.15, 0.2) is 60.7 Å². The van der Waals surface area contributed by atoms with Crippen LogP contribution in [0.3, 0.4) is 0 Å². The summed E-state index contributed by atoms with van der Waals surface area (Å²) in [7, 11) is -1.95. The molecule has 0 saturated carbocycles. The molecule has 1 saturated heterocycles. The molecule has 92 valence electrons. The molecule has 1 nitrogen and oxygen atoms in total. The Balaban J connectivity index is 2.11. The van der Waals surface area contributed by atoms with Crippen LogP contribution in [0.4, 0.5) is 0 Å². The lowest BCUT2D eigenvalue weighted by Gasteiger charge is -2.26. The Labute approximate surface area is 110 Å². The van der Waals surface area contributed by atoms with E-state index in [0.29, 0.717) is 5.92 Å². The molecule has 0 N–H and O–H groups in total. The molecule has 0 spiro atoms. The zero-order chi connectivity index (χ0) is 12.4. The average molecular weight is 254 g/mol. The maximum absolute atomic E-state index is 6.36. The summed E-state index contributed by atoms with van der Waals surface area (Å²) in [6.07, 6.45) is 0. The average Bonchev–Trinajstić information content (AvgIpc) is 2.84. The van der Waals surface area contributed by atoms with Crippen molar-refractivity contribution in [2.24, 2.45) is 5.92 Å². The Bertz CT molecular complexity index is 470. The van der Waals surface area contributed by atoms with Crippen LogP contribution in [0, 0.1) is 5.92 Å². The van der Waals surface area contributed by atoms with E-state index in [1.54, 1.807) is 0 Å². The van der Waals surface area contributed by atoms with Crippen LogP contribution in [0.1, 0.15) is 6.92 Å². The molecule has 2 aromatic rings. The van der Waals surface area contributed by atoms with Gasteiger partial charge >= 0.3 is 0 Å². The van der Waals surface area contributed by atoms with Gasteiger partial charge in [0, 0.05) is 6.61 Å². The molecule has 18 heavy (non-hydrogen) atoms. The van der Waals surface area contributed by atoms with Crippen LogP contribution in [0.5, 0.6) is 0 Å². The Hall–Kier alpha value is -1.38. The molecule has 1 aliphatic heterocycles. The molecule has 1 atom stereocenters. The second-order valence-corrected chi connectivity index (χ2v) is 8.69. The van der Waals surface area contributed by atoms with Crippen molar-refractivity contribution >= 4 is 18.7 Å². The van der Waals surface area contributed by atoms with E-state index in [4.69, 9.17) is 4.43 Å². The minimum atomic E-state index is -1.95. The minimum Gasteiger partial charge on any atom is -0.408 e. The molecule has 1 unspecified atom stereocenters. The molecule has 2 heteroatoms. The van der Waals surface area contributed by atoms with Crippen molar-refractivity contribution in [1.82, 2.24) is 0 Å². The summed E-state index contributed by atoms with van der Waals surface area (Å²) in [4.78, 5) is 0. The lowest BCUT2D eigenvalue weighted by Crippen LogP contribution is -2.58. The normalized spacial score (nSPS) is 21.9. The third-order valence-electron chi connectivity index (χ3n) is 3.73. The van der Waals surface area contributed by atoms with Gasteiger partial charge in [-0.15, -0.1) is 0 Å². The predicted octanol–water partition coefficient (Wildman–Crippen LogP) is 2.41. The lowest BCUT2D eigenvalue weighted by molar-refractivity contribution is 0.320. The maximum Gasteiger partial charge on any atom is 0.256 e. The summed E-state index contributed by atoms with van der Waals surface area (Å²) in [5, 5.41) is 2.81. The second kappa shape index (κ2) is 4.71. The van der Waals surface area contributed by atoms with Crippen molar-refractivity contribution in [3.63, 3.8) is 0 Å². The molecule has 0 aliphatic carbocycles. The van der Waals surface area contributed by atoms with Crippen molar-refractivity contribution in [2.75, 3.05) is 6.61 Å². The molecule has 0 radical (unpaired) electrons. The van der Waals surface area contributed by atoms with Gasteiger partial charge in [-0.25, -0.2) is 0 Å². The van der Waals surface area contributed by atoms with Crippen molar-refractivity contribution in [1.29, 1.82) is 0 Å². The molecule has 2 aromatic carbocycles. The van der Waals surface area contributed by atoms with Gasteiger partial charge in [0.2, 0.25) is 0 Å². The highest BCUT2D eigenvalue weighted by atomic mass is 28.4. The van der Waals surface area contributed by atoms with E-state index in [0.717, 1.165) is 6.61 Å². The van der Waals surface area contributed by atoms with E-state index < -0.39 is 8.32 Å². The van der Waals surface area contributed by atoms with Gasteiger partial charge in [-0.05, 0) is 22.3 Å². The van der Waals surface area contributed by atoms with E-state index in [9.17, 15) is 0 Å². The van der Waals surface area contributed by atoms with Crippen molar-refractivity contribution in [3.8, 4) is 0 Å². The molecule has 3 rings (SSSR count). The molecular weight excluding hydrogens is 236 g/mol. The highest BCUT2D eigenvalue weighted by molar-refractivity contribution is 6.97. The summed E-state index contributed by atoms with van der Waals surface area (Å²) in [5.41, 5.74) is 0. The Kier molecular flexibility index (Phi) is 3.06. The molecule has 0 aromatic heterocycles. The number of benzene rings is 2. The van der Waals surface area contributed by atoms with E-state index in [1.165, 1.54) is 16.4 Å². The molecule has 0 bridgehead atoms. The zero-order valence-corrected chi connectivity index (χ0v) is 11.7. The van der Waals surface area contributed by atoms with Crippen LogP contribution in [0.25, 0.3) is 0 Å². The van der Waals surface area contributed by atoms with Gasteiger partial charge in [-0.2, -0.15) is 0 Å². The third-order valence-corrected chi connectivity index (χ3v) is 8.19. The Morgan fingerprint density at radius 3 is 1.78 bits per heavy atom. The molecule has 0 amide bonds. The first-order valence-corrected chi connectivity index (χ1v) is 8.68. The summed E-state index contributed by atoms with van der Waals surface area (Å²) >= 11 is 0. The lowest BCUT2D eigenvalue weighted by atomic mass is 10.2. The van der Waals surface area contributed by atoms with Crippen LogP contribution < -0.4 is 10.4 Å². The Morgan fingerprint density at radius 2 is 1.39 bits per heavy atom. The third kappa shape index (κ3) is 1.92. The van der Waals surface area contributed by atoms with Crippen LogP contribution in [-0.4, -0.2) is 14.9 Å². The van der Waals surface area contributed by atoms with Gasteiger partial charge in [0.1, 0.15) is 0 Å². The summed E-state index contributed by atoms with van der Waals surface area (Å²) in [6, 6.07) is 22.8. The van der Waals surface area contributed by atoms with Gasteiger partial charge in [0.25, 0.3) is 8.32 Å². The fourth-order valence-electron chi connectivity index (χ4n) is 2.88.